The lowest BCUT2D eigenvalue weighted by Crippen LogP contribution is -2.60. The summed E-state index contributed by atoms with van der Waals surface area (Å²) in [5.74, 6) is -2.45. The first-order valence-corrected chi connectivity index (χ1v) is 26.0. The molecule has 0 aliphatic carbocycles. The van der Waals surface area contributed by atoms with Crippen molar-refractivity contribution in [3.8, 4) is 0 Å². The highest BCUT2D eigenvalue weighted by Gasteiger charge is 2.47. The minimum absolute atomic E-state index is 0.183. The molecule has 64 heavy (non-hydrogen) atoms. The van der Waals surface area contributed by atoms with E-state index in [9.17, 15) is 34.8 Å². The molecule has 6 atom stereocenters. The number of carbonyl (C=O) groups is 3. The maximum absolute atomic E-state index is 12.8. The fourth-order valence-corrected chi connectivity index (χ4v) is 7.95. The number of aliphatic carboxylic acids is 1. The van der Waals surface area contributed by atoms with Gasteiger partial charge in [0.25, 0.3) is 0 Å². The van der Waals surface area contributed by atoms with Gasteiger partial charge in [-0.05, 0) is 44.9 Å². The Hall–Kier alpha value is -2.57. The lowest BCUT2D eigenvalue weighted by molar-refractivity contribution is -0.298. The third kappa shape index (κ3) is 33.8. The largest absolute Gasteiger partial charge is 0.479 e. The molecule has 6 unspecified atom stereocenters. The number of ether oxygens (including phenoxy) is 4. The van der Waals surface area contributed by atoms with Crippen LogP contribution in [0.2, 0.25) is 0 Å². The molecule has 0 aromatic rings. The second-order valence-corrected chi connectivity index (χ2v) is 18.0. The summed E-state index contributed by atoms with van der Waals surface area (Å²) in [7, 11) is 0. The summed E-state index contributed by atoms with van der Waals surface area (Å²) in [6, 6.07) is 0. The van der Waals surface area contributed by atoms with Crippen LogP contribution in [0.25, 0.3) is 0 Å². The summed E-state index contributed by atoms with van der Waals surface area (Å²) < 4.78 is 21.8. The van der Waals surface area contributed by atoms with Gasteiger partial charge in [-0.1, -0.05) is 211 Å². The van der Waals surface area contributed by atoms with Crippen molar-refractivity contribution in [3.05, 3.63) is 36.5 Å². The van der Waals surface area contributed by atoms with E-state index in [-0.39, 0.29) is 19.4 Å². The number of allylic oxidation sites excluding steroid dienone is 6. The van der Waals surface area contributed by atoms with E-state index in [0.717, 1.165) is 70.6 Å². The maximum Gasteiger partial charge on any atom is 0.335 e. The third-order valence-electron chi connectivity index (χ3n) is 12.0. The average Bonchev–Trinajstić information content (AvgIpc) is 3.28. The lowest BCUT2D eigenvalue weighted by Gasteiger charge is -2.38. The van der Waals surface area contributed by atoms with Crippen LogP contribution in [0.1, 0.15) is 232 Å². The van der Waals surface area contributed by atoms with Crippen molar-refractivity contribution in [3.63, 3.8) is 0 Å². The van der Waals surface area contributed by atoms with Crippen molar-refractivity contribution in [2.75, 3.05) is 13.2 Å². The second-order valence-electron chi connectivity index (χ2n) is 18.0. The number of aliphatic hydroxyl groups is 3. The Balaban J connectivity index is 2.27. The van der Waals surface area contributed by atoms with Crippen molar-refractivity contribution in [1.29, 1.82) is 0 Å². The molecular weight excluding hydrogens is 813 g/mol. The number of rotatable bonds is 44. The highest BCUT2D eigenvalue weighted by Crippen LogP contribution is 2.23. The van der Waals surface area contributed by atoms with Gasteiger partial charge in [0.15, 0.2) is 18.5 Å². The fraction of sp³-hybridized carbons (Fsp3) is 0.830. The van der Waals surface area contributed by atoms with Gasteiger partial charge in [-0.2, -0.15) is 0 Å². The number of unbranched alkanes of at least 4 members (excludes halogenated alkanes) is 27. The van der Waals surface area contributed by atoms with E-state index in [4.69, 9.17) is 18.9 Å². The summed E-state index contributed by atoms with van der Waals surface area (Å²) in [4.78, 5) is 37.0. The zero-order valence-electron chi connectivity index (χ0n) is 40.5. The Bertz CT molecular complexity index is 1200. The Morgan fingerprint density at radius 1 is 0.500 bits per heavy atom. The molecule has 0 spiro atoms. The Morgan fingerprint density at radius 2 is 0.922 bits per heavy atom. The molecule has 4 N–H and O–H groups in total. The van der Waals surface area contributed by atoms with E-state index in [1.807, 2.05) is 0 Å². The number of hydrogen-bond acceptors (Lipinski definition) is 10. The summed E-state index contributed by atoms with van der Waals surface area (Å²) >= 11 is 0. The van der Waals surface area contributed by atoms with Crippen molar-refractivity contribution in [2.45, 2.75) is 269 Å². The summed E-state index contributed by atoms with van der Waals surface area (Å²) in [5, 5.41) is 39.9. The third-order valence-corrected chi connectivity index (χ3v) is 12.0. The van der Waals surface area contributed by atoms with Crippen LogP contribution in [-0.2, 0) is 33.3 Å². The molecule has 11 heteroatoms. The first kappa shape index (κ1) is 59.4. The van der Waals surface area contributed by atoms with Crippen molar-refractivity contribution < 1.29 is 53.8 Å². The zero-order chi connectivity index (χ0) is 46.7. The molecule has 0 saturated carbocycles. The molecule has 1 aliphatic heterocycles. The molecule has 11 nitrogen and oxygen atoms in total. The van der Waals surface area contributed by atoms with Crippen LogP contribution in [0, 0.1) is 0 Å². The van der Waals surface area contributed by atoms with Crippen LogP contribution in [0.5, 0.6) is 0 Å². The van der Waals surface area contributed by atoms with Gasteiger partial charge in [0, 0.05) is 12.8 Å². The van der Waals surface area contributed by atoms with Crippen LogP contribution < -0.4 is 0 Å². The van der Waals surface area contributed by atoms with Gasteiger partial charge in [-0.25, -0.2) is 4.79 Å². The molecule has 0 radical (unpaired) electrons. The highest BCUT2D eigenvalue weighted by atomic mass is 16.7. The molecule has 0 amide bonds. The van der Waals surface area contributed by atoms with E-state index in [0.29, 0.717) is 12.8 Å². The van der Waals surface area contributed by atoms with Gasteiger partial charge in [0.1, 0.15) is 24.9 Å². The number of carboxylic acid groups (broad SMARTS) is 1. The normalized spacial score (nSPS) is 19.5. The van der Waals surface area contributed by atoms with Crippen LogP contribution >= 0.6 is 0 Å². The maximum atomic E-state index is 12.8. The molecule has 0 aromatic heterocycles. The Labute approximate surface area is 389 Å². The van der Waals surface area contributed by atoms with Gasteiger partial charge in [0.05, 0.1) is 6.61 Å². The predicted octanol–water partition coefficient (Wildman–Crippen LogP) is 12.3. The van der Waals surface area contributed by atoms with Crippen molar-refractivity contribution in [1.82, 2.24) is 0 Å². The van der Waals surface area contributed by atoms with Crippen LogP contribution in [0.4, 0.5) is 0 Å². The number of aliphatic hydroxyl groups excluding tert-OH is 3. The fourth-order valence-electron chi connectivity index (χ4n) is 7.95. The van der Waals surface area contributed by atoms with Crippen LogP contribution in [-0.4, -0.2) is 88.4 Å². The smallest absolute Gasteiger partial charge is 0.335 e. The summed E-state index contributed by atoms with van der Waals surface area (Å²) in [5.41, 5.74) is 0. The predicted molar refractivity (Wildman–Crippen MR) is 257 cm³/mol. The number of carboxylic acids is 1. The molecule has 0 aromatic carbocycles. The van der Waals surface area contributed by atoms with Gasteiger partial charge in [-0.15, -0.1) is 0 Å². The number of hydrogen-bond donors (Lipinski definition) is 4. The molecular formula is C53H94O11. The molecule has 1 heterocycles. The van der Waals surface area contributed by atoms with Crippen LogP contribution in [0.15, 0.2) is 36.5 Å². The molecule has 0 bridgehead atoms. The number of carbonyl (C=O) groups excluding carboxylic acids is 2. The van der Waals surface area contributed by atoms with E-state index in [1.165, 1.54) is 122 Å². The van der Waals surface area contributed by atoms with Gasteiger partial charge < -0.3 is 39.4 Å². The van der Waals surface area contributed by atoms with E-state index < -0.39 is 61.3 Å². The first-order valence-electron chi connectivity index (χ1n) is 26.0. The molecule has 1 rings (SSSR count). The molecule has 1 saturated heterocycles. The first-order chi connectivity index (χ1) is 31.2. The van der Waals surface area contributed by atoms with Crippen molar-refractivity contribution in [2.24, 2.45) is 0 Å². The minimum atomic E-state index is -1.86. The van der Waals surface area contributed by atoms with E-state index in [2.05, 4.69) is 50.3 Å². The molecule has 1 aliphatic rings. The minimum Gasteiger partial charge on any atom is -0.479 e. The van der Waals surface area contributed by atoms with E-state index >= 15 is 0 Å². The number of esters is 2. The van der Waals surface area contributed by atoms with Gasteiger partial charge >= 0.3 is 17.9 Å². The Kier molecular flexibility index (Phi) is 40.0. The van der Waals surface area contributed by atoms with E-state index in [1.54, 1.807) is 0 Å². The average molecular weight is 907 g/mol. The zero-order valence-corrected chi connectivity index (χ0v) is 40.5. The monoisotopic (exact) mass is 907 g/mol. The second kappa shape index (κ2) is 43.0. The van der Waals surface area contributed by atoms with Gasteiger partial charge in [0.2, 0.25) is 0 Å². The summed E-state index contributed by atoms with van der Waals surface area (Å²) in [6.07, 6.45) is 42.0. The highest BCUT2D eigenvalue weighted by molar-refractivity contribution is 5.73. The molecule has 1 fully saturated rings. The standard InChI is InChI=1S/C53H94O11/c1-3-5-7-9-11-13-15-17-19-20-21-22-23-24-25-26-28-30-32-34-36-38-40-42-47(55)63-45(44-62-53-50(58)48(56)49(57)51(64-53)52(59)60)43-61-46(54)41-39-37-35-33-31-29-27-18-16-14-12-10-8-6-4-2/h6,8,12,14,18,27,45,48-51,53,56-58H,3-5,7,9-11,13,15-17,19-26,28-44H2,1-2H3,(H,59,60)/b8-6-,14-12-,27-18-. The lowest BCUT2D eigenvalue weighted by atomic mass is 9.99. The van der Waals surface area contributed by atoms with Crippen LogP contribution in [0.3, 0.4) is 0 Å². The Morgan fingerprint density at radius 3 is 1.39 bits per heavy atom. The van der Waals surface area contributed by atoms with Gasteiger partial charge in [-0.3, -0.25) is 9.59 Å². The molecule has 372 valence electrons. The quantitative estimate of drug-likeness (QED) is 0.0261. The summed E-state index contributed by atoms with van der Waals surface area (Å²) in [6.45, 7) is 3.72. The van der Waals surface area contributed by atoms with Crippen molar-refractivity contribution >= 4 is 17.9 Å². The topological polar surface area (TPSA) is 169 Å². The SMILES string of the molecule is CC/C=C\C/C=C\C/C=C\CCCCCCCC(=O)OCC(COC1OC(C(=O)O)C(O)C(O)C1O)OC(=O)CCCCCCCCCCCCCCCCCCCCCCCCC.